The van der Waals surface area contributed by atoms with Gasteiger partial charge in [-0.15, -0.1) is 0 Å². The van der Waals surface area contributed by atoms with Crippen molar-refractivity contribution in [1.29, 1.82) is 0 Å². The molecule has 0 aromatic heterocycles. The Morgan fingerprint density at radius 3 is 2.84 bits per heavy atom. The summed E-state index contributed by atoms with van der Waals surface area (Å²) in [4.78, 5) is 12.0. The van der Waals surface area contributed by atoms with Gasteiger partial charge in [0.25, 0.3) is 0 Å². The Labute approximate surface area is 147 Å². The minimum Gasteiger partial charge on any atom is -0.495 e. The highest BCUT2D eigenvalue weighted by molar-refractivity contribution is 5.76. The van der Waals surface area contributed by atoms with Gasteiger partial charge in [-0.05, 0) is 42.3 Å². The first kappa shape index (κ1) is 17.0. The summed E-state index contributed by atoms with van der Waals surface area (Å²) in [5.41, 5.74) is 3.01. The summed E-state index contributed by atoms with van der Waals surface area (Å²) in [6.45, 7) is 3.26. The fourth-order valence-electron chi connectivity index (χ4n) is 2.61. The van der Waals surface area contributed by atoms with Crippen LogP contribution in [0.1, 0.15) is 17.5 Å². The third-order valence-electron chi connectivity index (χ3n) is 3.95. The topological polar surface area (TPSA) is 68.8 Å². The van der Waals surface area contributed by atoms with Crippen molar-refractivity contribution in [3.63, 3.8) is 0 Å². The highest BCUT2D eigenvalue weighted by Crippen LogP contribution is 2.32. The van der Waals surface area contributed by atoms with Crippen LogP contribution in [0.2, 0.25) is 0 Å². The van der Waals surface area contributed by atoms with Crippen molar-refractivity contribution >= 4 is 11.6 Å². The molecule has 0 bridgehead atoms. The number of carbonyl (C=O) groups is 1. The van der Waals surface area contributed by atoms with Gasteiger partial charge in [-0.3, -0.25) is 4.79 Å². The van der Waals surface area contributed by atoms with Crippen LogP contribution in [0.4, 0.5) is 5.69 Å². The van der Waals surface area contributed by atoms with E-state index in [1.54, 1.807) is 7.11 Å². The Kier molecular flexibility index (Phi) is 5.28. The lowest BCUT2D eigenvalue weighted by Crippen LogP contribution is -2.24. The fourth-order valence-corrected chi connectivity index (χ4v) is 2.61. The summed E-state index contributed by atoms with van der Waals surface area (Å²) in [7, 11) is 1.63. The van der Waals surface area contributed by atoms with Crippen LogP contribution in [0.15, 0.2) is 36.4 Å². The predicted octanol–water partition coefficient (Wildman–Crippen LogP) is 2.85. The first-order valence-electron chi connectivity index (χ1n) is 8.19. The number of nitrogens with one attached hydrogen (secondary N) is 2. The molecule has 6 nitrogen and oxygen atoms in total. The van der Waals surface area contributed by atoms with E-state index in [1.807, 2.05) is 43.3 Å². The Morgan fingerprint density at radius 1 is 1.16 bits per heavy atom. The molecule has 0 saturated carbocycles. The number of carbonyl (C=O) groups excluding carboxylic acids is 1. The van der Waals surface area contributed by atoms with E-state index in [0.717, 1.165) is 34.1 Å². The molecule has 132 valence electrons. The van der Waals surface area contributed by atoms with Gasteiger partial charge in [0.2, 0.25) is 12.7 Å². The number of ether oxygens (including phenoxy) is 3. The van der Waals surface area contributed by atoms with Crippen LogP contribution < -0.4 is 24.8 Å². The number of hydrogen-bond donors (Lipinski definition) is 2. The number of amides is 1. The van der Waals surface area contributed by atoms with Crippen LogP contribution in [0.5, 0.6) is 17.2 Å². The lowest BCUT2D eigenvalue weighted by atomic mass is 10.2. The molecule has 1 amide bonds. The zero-order chi connectivity index (χ0) is 17.6. The van der Waals surface area contributed by atoms with E-state index < -0.39 is 0 Å². The first-order chi connectivity index (χ1) is 12.2. The van der Waals surface area contributed by atoms with E-state index in [0.29, 0.717) is 19.5 Å². The predicted molar refractivity (Wildman–Crippen MR) is 95.2 cm³/mol. The van der Waals surface area contributed by atoms with E-state index >= 15 is 0 Å². The average molecular weight is 342 g/mol. The number of anilines is 1. The molecule has 1 aliphatic rings. The van der Waals surface area contributed by atoms with Crippen molar-refractivity contribution in [2.45, 2.75) is 19.9 Å². The zero-order valence-corrected chi connectivity index (χ0v) is 14.4. The van der Waals surface area contributed by atoms with Crippen LogP contribution in [0.25, 0.3) is 0 Å². The van der Waals surface area contributed by atoms with E-state index in [2.05, 4.69) is 10.6 Å². The Balaban J connectivity index is 1.45. The highest BCUT2D eigenvalue weighted by atomic mass is 16.7. The molecule has 1 heterocycles. The monoisotopic (exact) mass is 342 g/mol. The molecule has 1 aliphatic heterocycles. The largest absolute Gasteiger partial charge is 0.495 e. The van der Waals surface area contributed by atoms with Crippen molar-refractivity contribution in [3.8, 4) is 17.2 Å². The summed E-state index contributed by atoms with van der Waals surface area (Å²) in [5.74, 6) is 2.22. The van der Waals surface area contributed by atoms with E-state index in [-0.39, 0.29) is 12.7 Å². The summed E-state index contributed by atoms with van der Waals surface area (Å²) in [6, 6.07) is 11.6. The van der Waals surface area contributed by atoms with Crippen molar-refractivity contribution in [3.05, 3.63) is 47.5 Å². The summed E-state index contributed by atoms with van der Waals surface area (Å²) in [6.07, 6.45) is 0.377. The van der Waals surface area contributed by atoms with Gasteiger partial charge in [0.1, 0.15) is 5.75 Å². The van der Waals surface area contributed by atoms with Gasteiger partial charge in [-0.1, -0.05) is 12.1 Å². The number of rotatable bonds is 7. The summed E-state index contributed by atoms with van der Waals surface area (Å²) < 4.78 is 15.9. The molecule has 2 aromatic carbocycles. The van der Waals surface area contributed by atoms with E-state index in [1.165, 1.54) is 0 Å². The van der Waals surface area contributed by atoms with Gasteiger partial charge in [-0.2, -0.15) is 0 Å². The molecule has 0 spiro atoms. The molecule has 0 radical (unpaired) electrons. The third-order valence-corrected chi connectivity index (χ3v) is 3.95. The van der Waals surface area contributed by atoms with Crippen molar-refractivity contribution in [2.75, 3.05) is 25.8 Å². The molecule has 2 aromatic rings. The first-order valence-corrected chi connectivity index (χ1v) is 8.19. The minimum absolute atomic E-state index is 0.0169. The van der Waals surface area contributed by atoms with E-state index in [4.69, 9.17) is 14.2 Å². The second-order valence-electron chi connectivity index (χ2n) is 5.84. The second-order valence-corrected chi connectivity index (χ2v) is 5.84. The smallest absolute Gasteiger partial charge is 0.231 e. The van der Waals surface area contributed by atoms with Crippen molar-refractivity contribution in [1.82, 2.24) is 5.32 Å². The van der Waals surface area contributed by atoms with Gasteiger partial charge < -0.3 is 24.8 Å². The molecule has 0 fully saturated rings. The van der Waals surface area contributed by atoms with Crippen LogP contribution in [0.3, 0.4) is 0 Å². The lowest BCUT2D eigenvalue weighted by molar-refractivity contribution is -0.121. The number of aryl methyl sites for hydroxylation is 1. The number of benzene rings is 2. The minimum atomic E-state index is -0.0169. The standard InChI is InChI=1S/C19H22N2O4/c1-13-3-5-16(23-2)15(9-13)20-8-7-19(22)21-11-14-4-6-17-18(10-14)25-12-24-17/h3-6,9-10,20H,7-8,11-12H2,1-2H3,(H,21,22). The SMILES string of the molecule is COc1ccc(C)cc1NCCC(=O)NCc1ccc2c(c1)OCO2. The van der Waals surface area contributed by atoms with Crippen LogP contribution >= 0.6 is 0 Å². The Bertz CT molecular complexity index is 761. The van der Waals surface area contributed by atoms with Crippen LogP contribution in [-0.4, -0.2) is 26.4 Å². The molecule has 25 heavy (non-hydrogen) atoms. The zero-order valence-electron chi connectivity index (χ0n) is 14.4. The Morgan fingerprint density at radius 2 is 2.00 bits per heavy atom. The molecule has 2 N–H and O–H groups in total. The third kappa shape index (κ3) is 4.35. The summed E-state index contributed by atoms with van der Waals surface area (Å²) in [5, 5.41) is 6.16. The maximum atomic E-state index is 12.0. The molecular formula is C19H22N2O4. The summed E-state index contributed by atoms with van der Waals surface area (Å²) >= 11 is 0. The highest BCUT2D eigenvalue weighted by Gasteiger charge is 2.13. The van der Waals surface area contributed by atoms with Crippen LogP contribution in [-0.2, 0) is 11.3 Å². The normalized spacial score (nSPS) is 11.9. The number of hydrogen-bond acceptors (Lipinski definition) is 5. The molecule has 0 aliphatic carbocycles. The van der Waals surface area contributed by atoms with Gasteiger partial charge in [-0.25, -0.2) is 0 Å². The van der Waals surface area contributed by atoms with E-state index in [9.17, 15) is 4.79 Å². The van der Waals surface area contributed by atoms with Crippen LogP contribution in [0, 0.1) is 6.92 Å². The lowest BCUT2D eigenvalue weighted by Gasteiger charge is -2.12. The molecule has 3 rings (SSSR count). The quantitative estimate of drug-likeness (QED) is 0.810. The maximum absolute atomic E-state index is 12.0. The molecule has 0 unspecified atom stereocenters. The molecule has 0 saturated heterocycles. The number of fused-ring (bicyclic) bond motifs is 1. The van der Waals surface area contributed by atoms with Gasteiger partial charge in [0, 0.05) is 19.5 Å². The molecule has 6 heteroatoms. The van der Waals surface area contributed by atoms with Gasteiger partial charge in [0.15, 0.2) is 11.5 Å². The van der Waals surface area contributed by atoms with Gasteiger partial charge in [0.05, 0.1) is 12.8 Å². The second kappa shape index (κ2) is 7.79. The Hall–Kier alpha value is -2.89. The molecular weight excluding hydrogens is 320 g/mol. The fraction of sp³-hybridized carbons (Fsp3) is 0.316. The molecule has 0 atom stereocenters. The van der Waals surface area contributed by atoms with Crippen molar-refractivity contribution < 1.29 is 19.0 Å². The average Bonchev–Trinajstić information content (AvgIpc) is 3.08. The van der Waals surface area contributed by atoms with Crippen molar-refractivity contribution in [2.24, 2.45) is 0 Å². The number of methoxy groups -OCH3 is 1. The van der Waals surface area contributed by atoms with Gasteiger partial charge >= 0.3 is 0 Å². The maximum Gasteiger partial charge on any atom is 0.231 e.